The minimum absolute atomic E-state index is 0.145. The molecule has 2 aliphatic rings. The van der Waals surface area contributed by atoms with E-state index in [2.05, 4.69) is 21.2 Å². The van der Waals surface area contributed by atoms with E-state index in [1.807, 2.05) is 30.4 Å². The Morgan fingerprint density at radius 3 is 2.89 bits per heavy atom. The summed E-state index contributed by atoms with van der Waals surface area (Å²) in [6.45, 7) is 0. The Bertz CT molecular complexity index is 629. The van der Waals surface area contributed by atoms with Crippen molar-refractivity contribution in [2.45, 2.75) is 6.04 Å². The van der Waals surface area contributed by atoms with E-state index in [0.29, 0.717) is 5.57 Å². The second kappa shape index (κ2) is 4.14. The van der Waals surface area contributed by atoms with Gasteiger partial charge in [-0.3, -0.25) is 4.79 Å². The average molecular weight is 304 g/mol. The number of aliphatic hydroxyl groups is 1. The topological polar surface area (TPSA) is 49.3 Å². The third-order valence-corrected chi connectivity index (χ3v) is 3.55. The Kier molecular flexibility index (Phi) is 2.59. The summed E-state index contributed by atoms with van der Waals surface area (Å²) in [4.78, 5) is 11.3. The molecule has 4 heteroatoms. The molecule has 1 amide bonds. The number of carbonyl (C=O) groups is 1. The Morgan fingerprint density at radius 1 is 1.22 bits per heavy atom. The van der Waals surface area contributed by atoms with Crippen molar-refractivity contribution in [2.24, 2.45) is 0 Å². The third kappa shape index (κ3) is 1.78. The Balaban J connectivity index is 2.23. The monoisotopic (exact) mass is 303 g/mol. The normalized spacial score (nSPS) is 21.2. The van der Waals surface area contributed by atoms with Gasteiger partial charge in [0.2, 0.25) is 5.91 Å². The van der Waals surface area contributed by atoms with E-state index in [9.17, 15) is 9.90 Å². The number of hydrogen-bond acceptors (Lipinski definition) is 2. The molecule has 2 N–H and O–H groups in total. The molecular formula is C14H10BrNO2. The van der Waals surface area contributed by atoms with Crippen molar-refractivity contribution >= 4 is 33.7 Å². The van der Waals surface area contributed by atoms with Crippen molar-refractivity contribution in [1.29, 1.82) is 0 Å². The second-order valence-electron chi connectivity index (χ2n) is 4.21. The van der Waals surface area contributed by atoms with Crippen LogP contribution in [-0.2, 0) is 4.79 Å². The summed E-state index contributed by atoms with van der Waals surface area (Å²) in [7, 11) is 0. The first kappa shape index (κ1) is 11.3. The first-order valence-electron chi connectivity index (χ1n) is 5.55. The molecule has 1 aromatic rings. The maximum absolute atomic E-state index is 11.3. The van der Waals surface area contributed by atoms with Gasteiger partial charge in [-0.05, 0) is 23.8 Å². The molecule has 90 valence electrons. The number of amides is 1. The molecule has 1 atom stereocenters. The lowest BCUT2D eigenvalue weighted by Gasteiger charge is -2.19. The molecule has 0 aromatic heterocycles. The van der Waals surface area contributed by atoms with Gasteiger partial charge in [0, 0.05) is 21.7 Å². The van der Waals surface area contributed by atoms with Crippen molar-refractivity contribution in [1.82, 2.24) is 5.32 Å². The van der Waals surface area contributed by atoms with Gasteiger partial charge in [0.05, 0.1) is 6.04 Å². The molecule has 1 heterocycles. The maximum Gasteiger partial charge on any atom is 0.244 e. The molecule has 3 rings (SSSR count). The van der Waals surface area contributed by atoms with E-state index in [1.165, 1.54) is 6.08 Å². The number of benzene rings is 1. The summed E-state index contributed by atoms with van der Waals surface area (Å²) in [6.07, 6.45) is 6.89. The van der Waals surface area contributed by atoms with Crippen LogP contribution in [0.2, 0.25) is 0 Å². The highest BCUT2D eigenvalue weighted by Crippen LogP contribution is 2.31. The summed E-state index contributed by atoms with van der Waals surface area (Å²) >= 11 is 3.40. The Labute approximate surface area is 113 Å². The molecule has 0 spiro atoms. The van der Waals surface area contributed by atoms with E-state index in [4.69, 9.17) is 0 Å². The van der Waals surface area contributed by atoms with Crippen LogP contribution in [0.15, 0.2) is 46.5 Å². The number of nitrogens with one attached hydrogen (secondary N) is 1. The van der Waals surface area contributed by atoms with Crippen molar-refractivity contribution in [2.75, 3.05) is 0 Å². The highest BCUT2D eigenvalue weighted by molar-refractivity contribution is 9.10. The highest BCUT2D eigenvalue weighted by Gasteiger charge is 2.23. The third-order valence-electron chi connectivity index (χ3n) is 3.06. The number of aliphatic hydroxyl groups excluding tert-OH is 1. The summed E-state index contributed by atoms with van der Waals surface area (Å²) in [5.74, 6) is 0.0610. The average Bonchev–Trinajstić information content (AvgIpc) is 2.48. The smallest absolute Gasteiger partial charge is 0.244 e. The predicted octanol–water partition coefficient (Wildman–Crippen LogP) is 2.80. The van der Waals surface area contributed by atoms with Crippen molar-refractivity contribution in [3.63, 3.8) is 0 Å². The maximum atomic E-state index is 11.3. The van der Waals surface area contributed by atoms with Crippen LogP contribution in [0.3, 0.4) is 0 Å². The lowest BCUT2D eigenvalue weighted by atomic mass is 10.00. The number of hydrogen-bond donors (Lipinski definition) is 2. The molecule has 18 heavy (non-hydrogen) atoms. The lowest BCUT2D eigenvalue weighted by molar-refractivity contribution is -0.116. The summed E-state index contributed by atoms with van der Waals surface area (Å²) in [5, 5.41) is 13.2. The minimum Gasteiger partial charge on any atom is -0.507 e. The van der Waals surface area contributed by atoms with Crippen LogP contribution >= 0.6 is 15.9 Å². The van der Waals surface area contributed by atoms with E-state index in [0.717, 1.165) is 15.6 Å². The zero-order valence-electron chi connectivity index (χ0n) is 9.35. The van der Waals surface area contributed by atoms with Crippen molar-refractivity contribution in [3.8, 4) is 0 Å². The predicted molar refractivity (Wildman–Crippen MR) is 73.8 cm³/mol. The molecule has 1 aliphatic carbocycles. The first-order valence-corrected chi connectivity index (χ1v) is 6.34. The van der Waals surface area contributed by atoms with Gasteiger partial charge in [0.1, 0.15) is 5.76 Å². The molecule has 3 nitrogen and oxygen atoms in total. The largest absolute Gasteiger partial charge is 0.507 e. The molecule has 0 bridgehead atoms. The van der Waals surface area contributed by atoms with Gasteiger partial charge in [0.15, 0.2) is 0 Å². The Morgan fingerprint density at radius 2 is 2.06 bits per heavy atom. The fraction of sp³-hybridized carbons (Fsp3) is 0.0714. The summed E-state index contributed by atoms with van der Waals surface area (Å²) < 4.78 is 0.907. The van der Waals surface area contributed by atoms with Crippen LogP contribution in [0, 0.1) is 0 Å². The van der Waals surface area contributed by atoms with Gasteiger partial charge in [-0.15, -0.1) is 0 Å². The fourth-order valence-electron chi connectivity index (χ4n) is 2.16. The molecule has 0 fully saturated rings. The van der Waals surface area contributed by atoms with Crippen LogP contribution in [0.5, 0.6) is 0 Å². The number of rotatable bonds is 0. The van der Waals surface area contributed by atoms with Gasteiger partial charge in [-0.25, -0.2) is 0 Å². The van der Waals surface area contributed by atoms with E-state index < -0.39 is 0 Å². The standard InChI is InChI=1S/C14H10BrNO2/c15-9-3-1-8-2-5-12-10(4-6-13(17)16-12)14(18)11(8)7-9/h1-7,12,18H,(H,16,17). The van der Waals surface area contributed by atoms with Gasteiger partial charge in [-0.1, -0.05) is 34.1 Å². The zero-order chi connectivity index (χ0) is 12.7. The lowest BCUT2D eigenvalue weighted by Crippen LogP contribution is -2.36. The molecule has 1 unspecified atom stereocenters. The SMILES string of the molecule is O=C1C=CC2=C(O)c3cc(Br)ccc3C=CC2N1. The van der Waals surface area contributed by atoms with E-state index in [-0.39, 0.29) is 17.7 Å². The summed E-state index contributed by atoms with van der Waals surface area (Å²) in [5.41, 5.74) is 2.40. The molecule has 0 radical (unpaired) electrons. The van der Waals surface area contributed by atoms with E-state index >= 15 is 0 Å². The minimum atomic E-state index is -0.270. The van der Waals surface area contributed by atoms with Gasteiger partial charge >= 0.3 is 0 Å². The molecule has 1 aliphatic heterocycles. The van der Waals surface area contributed by atoms with Crippen molar-refractivity contribution < 1.29 is 9.90 Å². The first-order chi connectivity index (χ1) is 8.65. The second-order valence-corrected chi connectivity index (χ2v) is 5.13. The van der Waals surface area contributed by atoms with Crippen molar-refractivity contribution in [3.05, 3.63) is 57.6 Å². The molecular weight excluding hydrogens is 294 g/mol. The zero-order valence-corrected chi connectivity index (χ0v) is 10.9. The van der Waals surface area contributed by atoms with Crippen LogP contribution in [-0.4, -0.2) is 17.1 Å². The molecule has 0 saturated carbocycles. The Hall–Kier alpha value is -1.81. The van der Waals surface area contributed by atoms with Crippen LogP contribution in [0.25, 0.3) is 11.8 Å². The van der Waals surface area contributed by atoms with Crippen LogP contribution in [0.4, 0.5) is 0 Å². The molecule has 0 saturated heterocycles. The van der Waals surface area contributed by atoms with Gasteiger partial charge in [-0.2, -0.15) is 0 Å². The molecule has 1 aromatic carbocycles. The van der Waals surface area contributed by atoms with Crippen LogP contribution < -0.4 is 5.32 Å². The van der Waals surface area contributed by atoms with Gasteiger partial charge in [0.25, 0.3) is 0 Å². The van der Waals surface area contributed by atoms with E-state index in [1.54, 1.807) is 6.08 Å². The number of fused-ring (bicyclic) bond motifs is 2. The number of halogens is 1. The quantitative estimate of drug-likeness (QED) is 0.774. The summed E-state index contributed by atoms with van der Waals surface area (Å²) in [6, 6.07) is 5.45. The van der Waals surface area contributed by atoms with Crippen LogP contribution in [0.1, 0.15) is 11.1 Å². The highest BCUT2D eigenvalue weighted by atomic mass is 79.9. The fourth-order valence-corrected chi connectivity index (χ4v) is 2.52. The van der Waals surface area contributed by atoms with Gasteiger partial charge < -0.3 is 10.4 Å². The number of carbonyl (C=O) groups excluding carboxylic acids is 1.